The summed E-state index contributed by atoms with van der Waals surface area (Å²) in [6.07, 6.45) is 3.82. The summed E-state index contributed by atoms with van der Waals surface area (Å²) in [4.78, 5) is 30.2. The Morgan fingerprint density at radius 1 is 0.931 bits per heavy atom. The zero-order chi connectivity index (χ0) is 41.6. The van der Waals surface area contributed by atoms with Crippen LogP contribution < -0.4 is 9.64 Å². The predicted octanol–water partition coefficient (Wildman–Crippen LogP) is 10.7. The van der Waals surface area contributed by atoms with E-state index in [1.807, 2.05) is 84.6 Å². The molecule has 0 radical (unpaired) electrons. The van der Waals surface area contributed by atoms with Crippen molar-refractivity contribution in [3.05, 3.63) is 98.0 Å². The number of benzene rings is 3. The maximum absolute atomic E-state index is 15.3. The number of esters is 1. The van der Waals surface area contributed by atoms with Crippen LogP contribution in [0.3, 0.4) is 0 Å². The van der Waals surface area contributed by atoms with Gasteiger partial charge in [0.25, 0.3) is 5.91 Å². The average molecular weight is 843 g/mol. The Hall–Kier alpha value is -4.55. The molecule has 13 heteroatoms. The summed E-state index contributed by atoms with van der Waals surface area (Å²) < 4.78 is 23.6. The van der Waals surface area contributed by atoms with Crippen molar-refractivity contribution in [1.29, 1.82) is 0 Å². The number of carbonyl (C=O) groups excluding carboxylic acids is 2. The summed E-state index contributed by atoms with van der Waals surface area (Å²) >= 11 is 13.7. The third-order valence-electron chi connectivity index (χ3n) is 11.3. The molecule has 0 aliphatic carbocycles. The molecule has 0 spiro atoms. The number of amides is 1. The summed E-state index contributed by atoms with van der Waals surface area (Å²) in [6.45, 7) is 17.6. The molecule has 306 valence electrons. The standard InChI is InChI=1S/C45H53Cl2N5O5Si/c1-27-22-32(23-28(2)41(27)47)57-19-10-12-34-35-13-14-37(46)40(39-29(3)48-52(30(39)4)26-56-20-21-58(7,8)9)42(35)51-17-11-16-50(44(53)43(34)51)31-24-36(45(54)55-6)33-15-18-49(5)38(33)25-31/h13-15,18,22-25H,10-12,16-17,19-21,26H2,1-9H3. The SMILES string of the molecule is COC(=O)c1cc(N2CCCn3c(c(CCCOc4cc(C)c(Cl)c(C)c4)c4ccc(Cl)c(-c5c(C)nn(COCC[Si](C)(C)C)c5C)c43)C2=O)cc2c1ccn2C. The number of carbonyl (C=O) groups is 2. The normalized spacial score (nSPS) is 13.4. The van der Waals surface area contributed by atoms with Crippen molar-refractivity contribution in [1.82, 2.24) is 18.9 Å². The lowest BCUT2D eigenvalue weighted by molar-refractivity contribution is 0.0602. The fourth-order valence-corrected chi connectivity index (χ4v) is 9.36. The van der Waals surface area contributed by atoms with Gasteiger partial charge in [-0.3, -0.25) is 4.79 Å². The van der Waals surface area contributed by atoms with E-state index in [1.54, 1.807) is 6.07 Å². The number of halogens is 2. The highest BCUT2D eigenvalue weighted by molar-refractivity contribution is 6.76. The number of methoxy groups -OCH3 is 1. The molecule has 7 rings (SSSR count). The lowest BCUT2D eigenvalue weighted by atomic mass is 9.98. The fraction of sp³-hybridized carbons (Fsp3) is 0.400. The molecule has 1 amide bonds. The van der Waals surface area contributed by atoms with Crippen LogP contribution in [0.5, 0.6) is 5.75 Å². The second-order valence-corrected chi connectivity index (χ2v) is 23.1. The topological polar surface area (TPSA) is 92.8 Å². The van der Waals surface area contributed by atoms with Gasteiger partial charge in [-0.05, 0) is 106 Å². The zero-order valence-corrected chi connectivity index (χ0v) is 37.5. The highest BCUT2D eigenvalue weighted by atomic mass is 35.5. The summed E-state index contributed by atoms with van der Waals surface area (Å²) in [5.41, 5.74) is 9.87. The number of aryl methyl sites for hydroxylation is 6. The summed E-state index contributed by atoms with van der Waals surface area (Å²) in [5.74, 6) is 0.175. The van der Waals surface area contributed by atoms with Crippen LogP contribution in [0.2, 0.25) is 35.7 Å². The Morgan fingerprint density at radius 3 is 2.38 bits per heavy atom. The number of ether oxygens (including phenoxy) is 3. The van der Waals surface area contributed by atoms with Crippen LogP contribution in [-0.4, -0.2) is 65.7 Å². The number of nitrogens with zero attached hydrogens (tertiary/aromatic N) is 5. The lowest BCUT2D eigenvalue weighted by Gasteiger charge is -2.22. The smallest absolute Gasteiger partial charge is 0.338 e. The van der Waals surface area contributed by atoms with Gasteiger partial charge in [-0.1, -0.05) is 48.9 Å². The Bertz CT molecular complexity index is 2540. The first-order valence-electron chi connectivity index (χ1n) is 19.9. The monoisotopic (exact) mass is 841 g/mol. The molecule has 10 nitrogen and oxygen atoms in total. The Balaban J connectivity index is 1.34. The number of fused-ring (bicyclic) bond motifs is 4. The third kappa shape index (κ3) is 7.94. The van der Waals surface area contributed by atoms with E-state index in [2.05, 4.69) is 31.1 Å². The van der Waals surface area contributed by atoms with E-state index >= 15 is 4.79 Å². The van der Waals surface area contributed by atoms with Crippen LogP contribution in [0.15, 0.2) is 48.7 Å². The number of rotatable bonds is 13. The van der Waals surface area contributed by atoms with E-state index in [-0.39, 0.29) is 5.91 Å². The van der Waals surface area contributed by atoms with Crippen molar-refractivity contribution in [2.24, 2.45) is 7.05 Å². The molecule has 0 unspecified atom stereocenters. The molecule has 1 aliphatic heterocycles. The quantitative estimate of drug-likeness (QED) is 0.0653. The van der Waals surface area contributed by atoms with E-state index in [0.717, 1.165) is 77.8 Å². The van der Waals surface area contributed by atoms with Gasteiger partial charge in [-0.25, -0.2) is 9.48 Å². The zero-order valence-electron chi connectivity index (χ0n) is 35.0. The lowest BCUT2D eigenvalue weighted by Crippen LogP contribution is -2.32. The van der Waals surface area contributed by atoms with E-state index in [9.17, 15) is 4.79 Å². The second kappa shape index (κ2) is 16.6. The van der Waals surface area contributed by atoms with Gasteiger partial charge in [0.15, 0.2) is 0 Å². The molecule has 0 fully saturated rings. The van der Waals surface area contributed by atoms with Gasteiger partial charge < -0.3 is 28.2 Å². The first-order chi connectivity index (χ1) is 27.6. The molecule has 3 aromatic heterocycles. The summed E-state index contributed by atoms with van der Waals surface area (Å²) in [6, 6.07) is 14.6. The van der Waals surface area contributed by atoms with Crippen molar-refractivity contribution in [2.45, 2.75) is 85.9 Å². The highest BCUT2D eigenvalue weighted by Crippen LogP contribution is 2.43. The van der Waals surface area contributed by atoms with Crippen LogP contribution in [0, 0.1) is 27.7 Å². The first kappa shape index (κ1) is 41.6. The highest BCUT2D eigenvalue weighted by Gasteiger charge is 2.33. The van der Waals surface area contributed by atoms with Crippen LogP contribution in [0.4, 0.5) is 5.69 Å². The van der Waals surface area contributed by atoms with Gasteiger partial charge in [-0.15, -0.1) is 0 Å². The van der Waals surface area contributed by atoms with Crippen molar-refractivity contribution < 1.29 is 23.8 Å². The van der Waals surface area contributed by atoms with Crippen molar-refractivity contribution >= 4 is 70.6 Å². The van der Waals surface area contributed by atoms with Gasteiger partial charge in [0.2, 0.25) is 0 Å². The van der Waals surface area contributed by atoms with E-state index in [1.165, 1.54) is 7.11 Å². The molecule has 3 aromatic carbocycles. The molecule has 1 aliphatic rings. The van der Waals surface area contributed by atoms with Crippen LogP contribution in [0.1, 0.15) is 61.8 Å². The van der Waals surface area contributed by atoms with Crippen molar-refractivity contribution in [3.8, 4) is 16.9 Å². The fourth-order valence-electron chi connectivity index (χ4n) is 8.25. The summed E-state index contributed by atoms with van der Waals surface area (Å²) in [5, 5.41) is 8.00. The maximum atomic E-state index is 15.3. The number of aromatic nitrogens is 4. The number of anilines is 1. The second-order valence-electron chi connectivity index (χ2n) is 16.7. The number of hydrogen-bond acceptors (Lipinski definition) is 6. The van der Waals surface area contributed by atoms with E-state index in [0.29, 0.717) is 74.3 Å². The number of hydrogen-bond donors (Lipinski definition) is 0. The van der Waals surface area contributed by atoms with Crippen LogP contribution in [-0.2, 0) is 36.2 Å². The predicted molar refractivity (Wildman–Crippen MR) is 237 cm³/mol. The molecule has 58 heavy (non-hydrogen) atoms. The molecule has 6 aromatic rings. The van der Waals surface area contributed by atoms with Gasteiger partial charge in [-0.2, -0.15) is 5.10 Å². The van der Waals surface area contributed by atoms with Crippen LogP contribution in [0.25, 0.3) is 32.9 Å². The average Bonchev–Trinajstić information content (AvgIpc) is 3.76. The molecule has 0 bridgehead atoms. The molecule has 0 saturated carbocycles. The third-order valence-corrected chi connectivity index (χ3v) is 13.9. The van der Waals surface area contributed by atoms with Crippen molar-refractivity contribution in [2.75, 3.05) is 31.8 Å². The minimum absolute atomic E-state index is 0.139. The van der Waals surface area contributed by atoms with Crippen molar-refractivity contribution in [3.63, 3.8) is 0 Å². The Morgan fingerprint density at radius 2 is 1.67 bits per heavy atom. The van der Waals surface area contributed by atoms with Gasteiger partial charge in [0, 0.05) is 79.3 Å². The first-order valence-corrected chi connectivity index (χ1v) is 24.4. The minimum atomic E-state index is -1.25. The molecular formula is C45H53Cl2N5O5Si. The molecule has 0 atom stereocenters. The van der Waals surface area contributed by atoms with Gasteiger partial charge in [0.05, 0.1) is 41.0 Å². The van der Waals surface area contributed by atoms with Gasteiger partial charge in [0.1, 0.15) is 18.2 Å². The Kier molecular flexibility index (Phi) is 11.9. The minimum Gasteiger partial charge on any atom is -0.494 e. The van der Waals surface area contributed by atoms with E-state index in [4.69, 9.17) is 42.5 Å². The Labute approximate surface area is 351 Å². The van der Waals surface area contributed by atoms with Gasteiger partial charge >= 0.3 is 5.97 Å². The molecule has 4 heterocycles. The summed E-state index contributed by atoms with van der Waals surface area (Å²) in [7, 11) is 2.05. The van der Waals surface area contributed by atoms with E-state index < -0.39 is 14.0 Å². The molecular weight excluding hydrogens is 790 g/mol. The largest absolute Gasteiger partial charge is 0.494 e. The van der Waals surface area contributed by atoms with Crippen LogP contribution >= 0.6 is 23.2 Å². The molecule has 0 saturated heterocycles. The maximum Gasteiger partial charge on any atom is 0.338 e. The molecule has 0 N–H and O–H groups in total.